The zero-order valence-corrected chi connectivity index (χ0v) is 11.8. The zero-order valence-electron chi connectivity index (χ0n) is 11.8. The molecule has 1 unspecified atom stereocenters. The molecular formula is C16H22N2O2. The summed E-state index contributed by atoms with van der Waals surface area (Å²) in [5.41, 5.74) is 9.59. The maximum atomic E-state index is 6.22. The molecule has 0 aromatic heterocycles. The van der Waals surface area contributed by atoms with Crippen LogP contribution in [-0.4, -0.2) is 31.6 Å². The molecule has 0 bridgehead atoms. The molecular weight excluding hydrogens is 252 g/mol. The molecule has 1 aromatic carbocycles. The van der Waals surface area contributed by atoms with Gasteiger partial charge in [0, 0.05) is 25.9 Å². The lowest BCUT2D eigenvalue weighted by molar-refractivity contribution is -0.160. The van der Waals surface area contributed by atoms with Crippen molar-refractivity contribution >= 4 is 11.4 Å². The van der Waals surface area contributed by atoms with Crippen LogP contribution in [-0.2, 0) is 15.9 Å². The van der Waals surface area contributed by atoms with Gasteiger partial charge in [0.05, 0.1) is 18.0 Å². The van der Waals surface area contributed by atoms with Crippen molar-refractivity contribution in [3.8, 4) is 0 Å². The van der Waals surface area contributed by atoms with E-state index in [1.165, 1.54) is 24.1 Å². The van der Waals surface area contributed by atoms with E-state index in [2.05, 4.69) is 11.0 Å². The van der Waals surface area contributed by atoms with E-state index in [-0.39, 0.29) is 11.9 Å². The molecule has 20 heavy (non-hydrogen) atoms. The van der Waals surface area contributed by atoms with Crippen LogP contribution in [0.5, 0.6) is 0 Å². The number of anilines is 2. The van der Waals surface area contributed by atoms with E-state index in [4.69, 9.17) is 15.2 Å². The highest BCUT2D eigenvalue weighted by Gasteiger charge is 2.44. The van der Waals surface area contributed by atoms with Gasteiger partial charge in [-0.15, -0.1) is 0 Å². The Kier molecular flexibility index (Phi) is 2.89. The second-order valence-electron chi connectivity index (χ2n) is 6.22. The number of nitrogens with two attached hydrogens (primary N) is 1. The number of nitrogens with zero attached hydrogens (tertiary/aromatic N) is 1. The quantitative estimate of drug-likeness (QED) is 0.841. The number of ether oxygens (including phenoxy) is 2. The van der Waals surface area contributed by atoms with Crippen LogP contribution in [0.1, 0.15) is 31.2 Å². The van der Waals surface area contributed by atoms with Gasteiger partial charge in [0.1, 0.15) is 6.10 Å². The summed E-state index contributed by atoms with van der Waals surface area (Å²) >= 11 is 0. The predicted molar refractivity (Wildman–Crippen MR) is 78.8 cm³/mol. The predicted octanol–water partition coefficient (Wildman–Crippen LogP) is 2.32. The monoisotopic (exact) mass is 274 g/mol. The average molecular weight is 274 g/mol. The minimum Gasteiger partial charge on any atom is -0.397 e. The fourth-order valence-electron chi connectivity index (χ4n) is 3.88. The zero-order chi connectivity index (χ0) is 13.6. The van der Waals surface area contributed by atoms with Crippen molar-refractivity contribution in [2.45, 2.75) is 44.0 Å². The molecule has 1 saturated heterocycles. The first-order chi connectivity index (χ1) is 9.76. The van der Waals surface area contributed by atoms with Gasteiger partial charge in [-0.1, -0.05) is 12.1 Å². The lowest BCUT2D eigenvalue weighted by Crippen LogP contribution is -2.34. The van der Waals surface area contributed by atoms with E-state index >= 15 is 0 Å². The summed E-state index contributed by atoms with van der Waals surface area (Å²) in [6.45, 7) is 2.65. The molecule has 0 radical (unpaired) electrons. The summed E-state index contributed by atoms with van der Waals surface area (Å²) in [6.07, 6.45) is 5.83. The lowest BCUT2D eigenvalue weighted by Gasteiger charge is -2.26. The topological polar surface area (TPSA) is 47.7 Å². The average Bonchev–Trinajstić information content (AvgIpc) is 3.14. The molecule has 1 atom stereocenters. The number of para-hydroxylation sites is 1. The van der Waals surface area contributed by atoms with Gasteiger partial charge in [0.15, 0.2) is 5.79 Å². The fourth-order valence-corrected chi connectivity index (χ4v) is 3.88. The Hall–Kier alpha value is -1.26. The third kappa shape index (κ3) is 1.98. The molecule has 1 saturated carbocycles. The van der Waals surface area contributed by atoms with Gasteiger partial charge in [-0.05, 0) is 30.9 Å². The summed E-state index contributed by atoms with van der Waals surface area (Å²) in [5.74, 6) is -0.255. The highest BCUT2D eigenvalue weighted by Crippen LogP contribution is 2.40. The minimum absolute atomic E-state index is 0.179. The third-order valence-electron chi connectivity index (χ3n) is 4.82. The Morgan fingerprint density at radius 1 is 1.30 bits per heavy atom. The van der Waals surface area contributed by atoms with Crippen molar-refractivity contribution in [1.82, 2.24) is 0 Å². The molecule has 1 aliphatic carbocycles. The third-order valence-corrected chi connectivity index (χ3v) is 4.82. The Labute approximate surface area is 119 Å². The van der Waals surface area contributed by atoms with E-state index in [9.17, 15) is 0 Å². The number of fused-ring (bicyclic) bond motifs is 1. The van der Waals surface area contributed by atoms with Crippen LogP contribution in [0.25, 0.3) is 0 Å². The first kappa shape index (κ1) is 12.5. The summed E-state index contributed by atoms with van der Waals surface area (Å²) < 4.78 is 12.2. The number of hydrogen-bond acceptors (Lipinski definition) is 4. The molecule has 3 aliphatic rings. The van der Waals surface area contributed by atoms with E-state index in [1.54, 1.807) is 0 Å². The molecule has 4 rings (SSSR count). The molecule has 2 aliphatic heterocycles. The van der Waals surface area contributed by atoms with Gasteiger partial charge in [0.2, 0.25) is 0 Å². The largest absolute Gasteiger partial charge is 0.397 e. The summed E-state index contributed by atoms with van der Waals surface area (Å²) in [5, 5.41) is 0. The summed E-state index contributed by atoms with van der Waals surface area (Å²) in [6, 6.07) is 6.21. The van der Waals surface area contributed by atoms with Gasteiger partial charge in [0.25, 0.3) is 0 Å². The SMILES string of the molecule is Nc1cccc2c1N(CC1COC3(CCCC3)O1)CC2. The van der Waals surface area contributed by atoms with Crippen molar-refractivity contribution in [2.75, 3.05) is 30.3 Å². The fraction of sp³-hybridized carbons (Fsp3) is 0.625. The van der Waals surface area contributed by atoms with Gasteiger partial charge in [-0.3, -0.25) is 0 Å². The van der Waals surface area contributed by atoms with Crippen LogP contribution in [0.3, 0.4) is 0 Å². The smallest absolute Gasteiger partial charge is 0.168 e. The molecule has 2 N–H and O–H groups in total. The van der Waals surface area contributed by atoms with Gasteiger partial charge < -0.3 is 20.1 Å². The maximum Gasteiger partial charge on any atom is 0.168 e. The van der Waals surface area contributed by atoms with E-state index < -0.39 is 0 Å². The molecule has 2 fully saturated rings. The molecule has 0 amide bonds. The van der Waals surface area contributed by atoms with Crippen molar-refractivity contribution in [3.63, 3.8) is 0 Å². The van der Waals surface area contributed by atoms with Crippen molar-refractivity contribution in [2.24, 2.45) is 0 Å². The molecule has 1 aromatic rings. The van der Waals surface area contributed by atoms with E-state index in [0.29, 0.717) is 0 Å². The van der Waals surface area contributed by atoms with Crippen LogP contribution in [0.15, 0.2) is 18.2 Å². The maximum absolute atomic E-state index is 6.22. The standard InChI is InChI=1S/C16H22N2O2/c17-14-5-3-4-12-6-9-18(15(12)14)10-13-11-19-16(20-13)7-1-2-8-16/h3-5,13H,1-2,6-11,17H2. The van der Waals surface area contributed by atoms with Gasteiger partial charge in [-0.25, -0.2) is 0 Å². The number of hydrogen-bond donors (Lipinski definition) is 1. The van der Waals surface area contributed by atoms with Crippen LogP contribution >= 0.6 is 0 Å². The van der Waals surface area contributed by atoms with Crippen LogP contribution in [0.2, 0.25) is 0 Å². The van der Waals surface area contributed by atoms with Crippen molar-refractivity contribution < 1.29 is 9.47 Å². The van der Waals surface area contributed by atoms with Gasteiger partial charge in [-0.2, -0.15) is 0 Å². The van der Waals surface area contributed by atoms with E-state index in [1.807, 2.05) is 12.1 Å². The Balaban J connectivity index is 1.47. The first-order valence-electron chi connectivity index (χ1n) is 7.70. The Bertz CT molecular complexity index is 511. The minimum atomic E-state index is -0.255. The number of benzene rings is 1. The van der Waals surface area contributed by atoms with Gasteiger partial charge >= 0.3 is 0 Å². The van der Waals surface area contributed by atoms with Crippen molar-refractivity contribution in [1.29, 1.82) is 0 Å². The molecule has 2 heterocycles. The highest BCUT2D eigenvalue weighted by atomic mass is 16.7. The Morgan fingerprint density at radius 3 is 3.00 bits per heavy atom. The molecule has 4 nitrogen and oxygen atoms in total. The second kappa shape index (κ2) is 4.64. The second-order valence-corrected chi connectivity index (χ2v) is 6.22. The molecule has 4 heteroatoms. The highest BCUT2D eigenvalue weighted by molar-refractivity contribution is 5.74. The van der Waals surface area contributed by atoms with Crippen LogP contribution in [0, 0.1) is 0 Å². The van der Waals surface area contributed by atoms with Crippen molar-refractivity contribution in [3.05, 3.63) is 23.8 Å². The Morgan fingerprint density at radius 2 is 2.15 bits per heavy atom. The van der Waals surface area contributed by atoms with Crippen LogP contribution in [0.4, 0.5) is 11.4 Å². The lowest BCUT2D eigenvalue weighted by atomic mass is 10.1. The van der Waals surface area contributed by atoms with Crippen LogP contribution < -0.4 is 10.6 Å². The summed E-state index contributed by atoms with van der Waals surface area (Å²) in [7, 11) is 0. The first-order valence-corrected chi connectivity index (χ1v) is 7.70. The molecule has 108 valence electrons. The van der Waals surface area contributed by atoms with E-state index in [0.717, 1.165) is 44.6 Å². The molecule has 1 spiro atoms. The number of rotatable bonds is 2. The number of nitrogen functional groups attached to an aromatic ring is 1. The summed E-state index contributed by atoms with van der Waals surface area (Å²) in [4.78, 5) is 2.37. The normalized spacial score (nSPS) is 27.4.